The zero-order chi connectivity index (χ0) is 15.4. The molecule has 0 saturated carbocycles. The molecule has 112 valence electrons. The molecule has 0 saturated heterocycles. The molecular weight excluding hydrogens is 327 g/mol. The van der Waals surface area contributed by atoms with Crippen LogP contribution in [-0.2, 0) is 0 Å². The quantitative estimate of drug-likeness (QED) is 0.757. The highest BCUT2D eigenvalue weighted by Gasteiger charge is 2.17. The number of benzene rings is 2. The van der Waals surface area contributed by atoms with Gasteiger partial charge in [0.05, 0.1) is 16.7 Å². The number of ether oxygens (including phenoxy) is 1. The fourth-order valence-corrected chi connectivity index (χ4v) is 2.88. The molecule has 0 aliphatic heterocycles. The van der Waals surface area contributed by atoms with E-state index in [0.29, 0.717) is 28.0 Å². The summed E-state index contributed by atoms with van der Waals surface area (Å²) in [7, 11) is 0. The minimum Gasteiger partial charge on any atom is -0.492 e. The number of aliphatic hydroxyl groups is 1. The van der Waals surface area contributed by atoms with Crippen LogP contribution in [0.1, 0.15) is 24.2 Å². The van der Waals surface area contributed by atoms with Crippen LogP contribution < -0.4 is 4.74 Å². The smallest absolute Gasteiger partial charge is 0.139 e. The van der Waals surface area contributed by atoms with E-state index in [1.54, 1.807) is 23.9 Å². The second kappa shape index (κ2) is 7.41. The number of hydrogen-bond acceptors (Lipinski definition) is 3. The van der Waals surface area contributed by atoms with E-state index < -0.39 is 6.10 Å². The first-order valence-corrected chi connectivity index (χ1v) is 8.48. The lowest BCUT2D eigenvalue weighted by atomic mass is 10.0. The molecule has 0 aliphatic rings. The molecule has 0 radical (unpaired) electrons. The van der Waals surface area contributed by atoms with Gasteiger partial charge in [0.1, 0.15) is 11.9 Å². The van der Waals surface area contributed by atoms with Crippen molar-refractivity contribution in [2.45, 2.75) is 17.9 Å². The first kappa shape index (κ1) is 16.5. The summed E-state index contributed by atoms with van der Waals surface area (Å²) in [6, 6.07) is 11.0. The van der Waals surface area contributed by atoms with Crippen molar-refractivity contribution in [2.75, 3.05) is 12.9 Å². The number of halogens is 2. The van der Waals surface area contributed by atoms with E-state index in [2.05, 4.69) is 0 Å². The van der Waals surface area contributed by atoms with E-state index >= 15 is 0 Å². The van der Waals surface area contributed by atoms with Crippen LogP contribution in [0.5, 0.6) is 5.75 Å². The predicted molar refractivity (Wildman–Crippen MR) is 89.9 cm³/mol. The van der Waals surface area contributed by atoms with Crippen molar-refractivity contribution in [1.82, 2.24) is 0 Å². The van der Waals surface area contributed by atoms with Crippen LogP contribution in [0.15, 0.2) is 41.3 Å². The van der Waals surface area contributed by atoms with Gasteiger partial charge in [0.25, 0.3) is 0 Å². The SMILES string of the molecule is CCOc1cc(Cl)c(C(O)c2ccc(SC)cc2)cc1Cl. The third kappa shape index (κ3) is 3.86. The molecule has 2 nitrogen and oxygen atoms in total. The van der Waals surface area contributed by atoms with E-state index in [4.69, 9.17) is 27.9 Å². The molecule has 21 heavy (non-hydrogen) atoms. The molecule has 5 heteroatoms. The van der Waals surface area contributed by atoms with Gasteiger partial charge in [-0.15, -0.1) is 11.8 Å². The molecule has 0 bridgehead atoms. The van der Waals surface area contributed by atoms with Crippen LogP contribution in [0.3, 0.4) is 0 Å². The van der Waals surface area contributed by atoms with Gasteiger partial charge in [-0.05, 0) is 36.9 Å². The third-order valence-electron chi connectivity index (χ3n) is 3.08. The van der Waals surface area contributed by atoms with Gasteiger partial charge >= 0.3 is 0 Å². The van der Waals surface area contributed by atoms with E-state index in [1.807, 2.05) is 37.4 Å². The highest BCUT2D eigenvalue weighted by molar-refractivity contribution is 7.98. The van der Waals surface area contributed by atoms with Crippen LogP contribution in [0.25, 0.3) is 0 Å². The maximum absolute atomic E-state index is 10.5. The largest absolute Gasteiger partial charge is 0.492 e. The van der Waals surface area contributed by atoms with Crippen molar-refractivity contribution in [3.8, 4) is 5.75 Å². The third-order valence-corrected chi connectivity index (χ3v) is 4.44. The summed E-state index contributed by atoms with van der Waals surface area (Å²) in [5.74, 6) is 0.526. The van der Waals surface area contributed by atoms with Crippen LogP contribution in [0, 0.1) is 0 Å². The molecule has 0 amide bonds. The van der Waals surface area contributed by atoms with E-state index in [0.717, 1.165) is 10.5 Å². The first-order valence-electron chi connectivity index (χ1n) is 6.50. The van der Waals surface area contributed by atoms with Crippen molar-refractivity contribution in [3.05, 3.63) is 57.6 Å². The highest BCUT2D eigenvalue weighted by atomic mass is 35.5. The summed E-state index contributed by atoms with van der Waals surface area (Å²) < 4.78 is 5.39. The number of aliphatic hydroxyl groups excluding tert-OH is 1. The minimum absolute atomic E-state index is 0.435. The van der Waals surface area contributed by atoms with Gasteiger partial charge in [-0.3, -0.25) is 0 Å². The Kier molecular flexibility index (Phi) is 5.82. The summed E-state index contributed by atoms with van der Waals surface area (Å²) in [6.07, 6.45) is 1.19. The molecule has 0 fully saturated rings. The molecule has 1 N–H and O–H groups in total. The van der Waals surface area contributed by atoms with Crippen LogP contribution in [0.2, 0.25) is 10.0 Å². The summed E-state index contributed by atoms with van der Waals surface area (Å²) in [5, 5.41) is 11.4. The van der Waals surface area contributed by atoms with Gasteiger partial charge in [-0.25, -0.2) is 0 Å². The Labute approximate surface area is 139 Å². The fourth-order valence-electron chi connectivity index (χ4n) is 1.99. The zero-order valence-electron chi connectivity index (χ0n) is 11.8. The molecule has 0 aliphatic carbocycles. The number of thioether (sulfide) groups is 1. The first-order chi connectivity index (χ1) is 10.1. The van der Waals surface area contributed by atoms with E-state index in [1.165, 1.54) is 0 Å². The topological polar surface area (TPSA) is 29.5 Å². The van der Waals surface area contributed by atoms with Gasteiger partial charge in [0.2, 0.25) is 0 Å². The van der Waals surface area contributed by atoms with Crippen molar-refractivity contribution < 1.29 is 9.84 Å². The Morgan fingerprint density at radius 1 is 1.14 bits per heavy atom. The average Bonchev–Trinajstić information content (AvgIpc) is 2.50. The van der Waals surface area contributed by atoms with Gasteiger partial charge in [-0.1, -0.05) is 35.3 Å². The maximum Gasteiger partial charge on any atom is 0.139 e. The maximum atomic E-state index is 10.5. The van der Waals surface area contributed by atoms with Crippen LogP contribution >= 0.6 is 35.0 Å². The molecule has 0 aromatic heterocycles. The summed E-state index contributed by atoms with van der Waals surface area (Å²) in [4.78, 5) is 1.14. The Hall–Kier alpha value is -0.870. The summed E-state index contributed by atoms with van der Waals surface area (Å²) in [6.45, 7) is 2.38. The molecular formula is C16H16Cl2O2S. The van der Waals surface area contributed by atoms with Crippen molar-refractivity contribution in [1.29, 1.82) is 0 Å². The fraction of sp³-hybridized carbons (Fsp3) is 0.250. The Morgan fingerprint density at radius 2 is 1.81 bits per heavy atom. The molecule has 0 spiro atoms. The van der Waals surface area contributed by atoms with Crippen molar-refractivity contribution in [2.24, 2.45) is 0 Å². The Morgan fingerprint density at radius 3 is 2.38 bits per heavy atom. The van der Waals surface area contributed by atoms with Gasteiger partial charge in [0.15, 0.2) is 0 Å². The lowest BCUT2D eigenvalue weighted by molar-refractivity contribution is 0.220. The lowest BCUT2D eigenvalue weighted by Gasteiger charge is -2.16. The number of hydrogen-bond donors (Lipinski definition) is 1. The molecule has 1 atom stereocenters. The van der Waals surface area contributed by atoms with E-state index in [-0.39, 0.29) is 0 Å². The van der Waals surface area contributed by atoms with Gasteiger partial charge < -0.3 is 9.84 Å². The number of rotatable bonds is 5. The molecule has 2 aromatic rings. The van der Waals surface area contributed by atoms with Gasteiger partial charge in [-0.2, -0.15) is 0 Å². The van der Waals surface area contributed by atoms with Crippen LogP contribution in [0.4, 0.5) is 0 Å². The molecule has 2 rings (SSSR count). The van der Waals surface area contributed by atoms with E-state index in [9.17, 15) is 5.11 Å². The Balaban J connectivity index is 2.33. The second-order valence-corrected chi connectivity index (χ2v) is 6.11. The van der Waals surface area contributed by atoms with Crippen molar-refractivity contribution in [3.63, 3.8) is 0 Å². The van der Waals surface area contributed by atoms with Crippen molar-refractivity contribution >= 4 is 35.0 Å². The predicted octanol–water partition coefficient (Wildman–Crippen LogP) is 5.20. The standard InChI is InChI=1S/C16H16Cl2O2S/c1-3-20-15-9-13(17)12(8-14(15)18)16(19)10-4-6-11(21-2)7-5-10/h4-9,16,19H,3H2,1-2H3. The monoisotopic (exact) mass is 342 g/mol. The molecule has 1 unspecified atom stereocenters. The summed E-state index contributed by atoms with van der Waals surface area (Å²) in [5.41, 5.74) is 1.34. The molecule has 2 aromatic carbocycles. The Bertz CT molecular complexity index is 614. The molecule has 0 heterocycles. The highest BCUT2D eigenvalue weighted by Crippen LogP contribution is 2.36. The normalized spacial score (nSPS) is 12.2. The summed E-state index contributed by atoms with van der Waals surface area (Å²) >= 11 is 14.1. The zero-order valence-corrected chi connectivity index (χ0v) is 14.1. The average molecular weight is 343 g/mol. The minimum atomic E-state index is -0.818. The van der Waals surface area contributed by atoms with Crippen LogP contribution in [-0.4, -0.2) is 18.0 Å². The lowest BCUT2D eigenvalue weighted by Crippen LogP contribution is -2.02. The van der Waals surface area contributed by atoms with Gasteiger partial charge in [0, 0.05) is 16.5 Å². The second-order valence-electron chi connectivity index (χ2n) is 4.41.